The van der Waals surface area contributed by atoms with Gasteiger partial charge in [-0.25, -0.2) is 4.39 Å². The number of ketones is 1. The molecule has 0 saturated heterocycles. The maximum absolute atomic E-state index is 12.9. The number of aliphatic hydroxyl groups is 1. The second-order valence-corrected chi connectivity index (χ2v) is 5.48. The molecule has 2 nitrogen and oxygen atoms in total. The van der Waals surface area contributed by atoms with Crippen LogP contribution >= 0.6 is 11.6 Å². The van der Waals surface area contributed by atoms with E-state index in [4.69, 9.17) is 11.6 Å². The van der Waals surface area contributed by atoms with E-state index >= 15 is 0 Å². The van der Waals surface area contributed by atoms with E-state index in [0.29, 0.717) is 17.0 Å². The summed E-state index contributed by atoms with van der Waals surface area (Å²) in [7, 11) is 0. The first-order chi connectivity index (χ1) is 9.97. The molecule has 4 heteroatoms. The zero-order valence-electron chi connectivity index (χ0n) is 11.6. The second-order valence-electron chi connectivity index (χ2n) is 5.04. The lowest BCUT2D eigenvalue weighted by Crippen LogP contribution is -2.22. The lowest BCUT2D eigenvalue weighted by molar-refractivity contribution is -0.124. The number of benzene rings is 2. The summed E-state index contributed by atoms with van der Waals surface area (Å²) in [6.07, 6.45) is -0.552. The molecule has 2 atom stereocenters. The first-order valence-electron chi connectivity index (χ1n) is 6.66. The van der Waals surface area contributed by atoms with Gasteiger partial charge >= 0.3 is 0 Å². The molecule has 0 aromatic heterocycles. The van der Waals surface area contributed by atoms with Crippen molar-refractivity contribution in [2.24, 2.45) is 5.92 Å². The van der Waals surface area contributed by atoms with Gasteiger partial charge in [-0.3, -0.25) is 4.79 Å². The molecule has 0 saturated carbocycles. The summed E-state index contributed by atoms with van der Waals surface area (Å²) < 4.78 is 12.9. The number of carbonyl (C=O) groups is 1. The van der Waals surface area contributed by atoms with Crippen molar-refractivity contribution in [2.75, 3.05) is 0 Å². The number of halogens is 2. The zero-order chi connectivity index (χ0) is 15.4. The average molecular weight is 307 g/mol. The highest BCUT2D eigenvalue weighted by Gasteiger charge is 2.25. The summed E-state index contributed by atoms with van der Waals surface area (Å²) in [6.45, 7) is 1.45. The molecule has 0 unspecified atom stereocenters. The molecule has 0 heterocycles. The van der Waals surface area contributed by atoms with Gasteiger partial charge in [-0.2, -0.15) is 0 Å². The van der Waals surface area contributed by atoms with Crippen LogP contribution < -0.4 is 0 Å². The molecule has 1 N–H and O–H groups in total. The lowest BCUT2D eigenvalue weighted by atomic mass is 9.87. The van der Waals surface area contributed by atoms with E-state index < -0.39 is 12.0 Å². The maximum Gasteiger partial charge on any atom is 0.136 e. The van der Waals surface area contributed by atoms with Gasteiger partial charge < -0.3 is 5.11 Å². The van der Waals surface area contributed by atoms with Gasteiger partial charge in [-0.15, -0.1) is 0 Å². The summed E-state index contributed by atoms with van der Waals surface area (Å²) in [5.74, 6) is -1.00. The first kappa shape index (κ1) is 15.7. The minimum absolute atomic E-state index is 0.109. The molecule has 0 spiro atoms. The summed E-state index contributed by atoms with van der Waals surface area (Å²) in [6, 6.07) is 12.7. The Labute approximate surface area is 128 Å². The van der Waals surface area contributed by atoms with E-state index in [-0.39, 0.29) is 11.6 Å². The van der Waals surface area contributed by atoms with Gasteiger partial charge in [0, 0.05) is 5.02 Å². The second kappa shape index (κ2) is 6.83. The van der Waals surface area contributed by atoms with Gasteiger partial charge in [0.2, 0.25) is 0 Å². The Bertz CT molecular complexity index is 608. The third-order valence-corrected chi connectivity index (χ3v) is 3.74. The minimum Gasteiger partial charge on any atom is -0.388 e. The Balaban J connectivity index is 2.20. The molecule has 0 aliphatic rings. The third kappa shape index (κ3) is 4.13. The number of aliphatic hydroxyl groups excluding tert-OH is 1. The first-order valence-corrected chi connectivity index (χ1v) is 7.03. The number of hydrogen-bond donors (Lipinski definition) is 1. The largest absolute Gasteiger partial charge is 0.388 e. The summed E-state index contributed by atoms with van der Waals surface area (Å²) in [5.41, 5.74) is 1.45. The summed E-state index contributed by atoms with van der Waals surface area (Å²) in [5, 5.41) is 11.0. The third-order valence-electron chi connectivity index (χ3n) is 3.48. The summed E-state index contributed by atoms with van der Waals surface area (Å²) >= 11 is 5.82. The van der Waals surface area contributed by atoms with E-state index in [0.717, 1.165) is 5.56 Å². The molecular formula is C17H16ClFO2. The van der Waals surface area contributed by atoms with E-state index in [1.807, 2.05) is 0 Å². The topological polar surface area (TPSA) is 37.3 Å². The van der Waals surface area contributed by atoms with Crippen LogP contribution in [0.2, 0.25) is 5.02 Å². The number of carbonyl (C=O) groups excluding carboxylic acids is 1. The van der Waals surface area contributed by atoms with Crippen molar-refractivity contribution in [2.45, 2.75) is 19.4 Å². The van der Waals surface area contributed by atoms with Gasteiger partial charge in [0.05, 0.1) is 12.0 Å². The summed E-state index contributed by atoms with van der Waals surface area (Å²) in [4.78, 5) is 11.8. The van der Waals surface area contributed by atoms with Gasteiger partial charge in [-0.1, -0.05) is 35.9 Å². The van der Waals surface area contributed by atoms with Crippen LogP contribution in [0.4, 0.5) is 4.39 Å². The van der Waals surface area contributed by atoms with Crippen LogP contribution in [-0.2, 0) is 11.2 Å². The average Bonchev–Trinajstić information content (AvgIpc) is 2.46. The SMILES string of the molecule is CC(=O)[C@H](Cc1ccc(F)cc1)[C@H](O)c1ccc(Cl)cc1. The molecule has 110 valence electrons. The van der Waals surface area contributed by atoms with Crippen LogP contribution in [0.25, 0.3) is 0 Å². The predicted molar refractivity (Wildman–Crippen MR) is 80.7 cm³/mol. The number of Topliss-reactive ketones (excluding diaryl/α,β-unsaturated/α-hetero) is 1. The standard InChI is InChI=1S/C17H16ClFO2/c1-11(20)16(10-12-2-8-15(19)9-3-12)17(21)13-4-6-14(18)7-5-13/h2-9,16-17,21H,10H2,1H3/t16-,17+/m0/s1. The fourth-order valence-electron chi connectivity index (χ4n) is 2.24. The van der Waals surface area contributed by atoms with Crippen molar-refractivity contribution in [3.63, 3.8) is 0 Å². The van der Waals surface area contributed by atoms with Gasteiger partial charge in [0.25, 0.3) is 0 Å². The quantitative estimate of drug-likeness (QED) is 0.908. The van der Waals surface area contributed by atoms with Crippen molar-refractivity contribution in [3.8, 4) is 0 Å². The predicted octanol–water partition coefficient (Wildman–Crippen LogP) is 3.96. The maximum atomic E-state index is 12.9. The monoisotopic (exact) mass is 306 g/mol. The van der Waals surface area contributed by atoms with E-state index in [1.165, 1.54) is 19.1 Å². The lowest BCUT2D eigenvalue weighted by Gasteiger charge is -2.21. The van der Waals surface area contributed by atoms with E-state index in [2.05, 4.69) is 0 Å². The van der Waals surface area contributed by atoms with Crippen LogP contribution in [-0.4, -0.2) is 10.9 Å². The molecule has 0 fully saturated rings. The van der Waals surface area contributed by atoms with Crippen molar-refractivity contribution >= 4 is 17.4 Å². The van der Waals surface area contributed by atoms with E-state index in [1.54, 1.807) is 36.4 Å². The highest BCUT2D eigenvalue weighted by Crippen LogP contribution is 2.27. The minimum atomic E-state index is -0.912. The Kier molecular flexibility index (Phi) is 5.10. The fraction of sp³-hybridized carbons (Fsp3) is 0.235. The molecule has 2 rings (SSSR count). The Hall–Kier alpha value is -1.71. The fourth-order valence-corrected chi connectivity index (χ4v) is 2.37. The van der Waals surface area contributed by atoms with Crippen molar-refractivity contribution in [3.05, 3.63) is 70.5 Å². The van der Waals surface area contributed by atoms with Crippen LogP contribution in [0.1, 0.15) is 24.2 Å². The van der Waals surface area contributed by atoms with Crippen LogP contribution in [0.15, 0.2) is 48.5 Å². The van der Waals surface area contributed by atoms with Crippen LogP contribution in [0.3, 0.4) is 0 Å². The van der Waals surface area contributed by atoms with E-state index in [9.17, 15) is 14.3 Å². The normalized spacial score (nSPS) is 13.7. The molecule has 0 aliphatic carbocycles. The highest BCUT2D eigenvalue weighted by molar-refractivity contribution is 6.30. The molecule has 0 amide bonds. The van der Waals surface area contributed by atoms with Crippen molar-refractivity contribution in [1.29, 1.82) is 0 Å². The van der Waals surface area contributed by atoms with Crippen LogP contribution in [0.5, 0.6) is 0 Å². The molecule has 0 bridgehead atoms. The Morgan fingerprint density at radius 3 is 2.24 bits per heavy atom. The molecule has 0 radical (unpaired) electrons. The number of hydrogen-bond acceptors (Lipinski definition) is 2. The van der Waals surface area contributed by atoms with Gasteiger partial charge in [0.15, 0.2) is 0 Å². The highest BCUT2D eigenvalue weighted by atomic mass is 35.5. The Morgan fingerprint density at radius 2 is 1.71 bits per heavy atom. The van der Waals surface area contributed by atoms with Crippen LogP contribution in [0, 0.1) is 11.7 Å². The Morgan fingerprint density at radius 1 is 1.14 bits per heavy atom. The molecule has 0 aliphatic heterocycles. The molecule has 2 aromatic rings. The van der Waals surface area contributed by atoms with Crippen molar-refractivity contribution < 1.29 is 14.3 Å². The number of rotatable bonds is 5. The van der Waals surface area contributed by atoms with Gasteiger partial charge in [0.1, 0.15) is 11.6 Å². The zero-order valence-corrected chi connectivity index (χ0v) is 12.3. The smallest absolute Gasteiger partial charge is 0.136 e. The molecule has 21 heavy (non-hydrogen) atoms. The molecule has 2 aromatic carbocycles. The van der Waals surface area contributed by atoms with Gasteiger partial charge in [-0.05, 0) is 48.7 Å². The molecular weight excluding hydrogens is 291 g/mol. The van der Waals surface area contributed by atoms with Crippen molar-refractivity contribution in [1.82, 2.24) is 0 Å².